The molecule has 8 heteroatoms. The molecule has 218 valence electrons. The fourth-order valence-corrected chi connectivity index (χ4v) is 4.67. The molecule has 0 saturated heterocycles. The van der Waals surface area contributed by atoms with Gasteiger partial charge in [0.05, 0.1) is 31.0 Å². The summed E-state index contributed by atoms with van der Waals surface area (Å²) in [6.07, 6.45) is 4.49. The van der Waals surface area contributed by atoms with Crippen LogP contribution in [0.5, 0.6) is 17.2 Å². The van der Waals surface area contributed by atoms with E-state index in [0.29, 0.717) is 36.0 Å². The van der Waals surface area contributed by atoms with Crippen molar-refractivity contribution in [3.8, 4) is 28.4 Å². The van der Waals surface area contributed by atoms with Gasteiger partial charge in [0, 0.05) is 12.0 Å². The van der Waals surface area contributed by atoms with Crippen LogP contribution in [0, 0.1) is 0 Å². The fourth-order valence-electron chi connectivity index (χ4n) is 4.67. The maximum Gasteiger partial charge on any atom is 0.343 e. The molecule has 0 fully saturated rings. The summed E-state index contributed by atoms with van der Waals surface area (Å²) in [7, 11) is 0. The summed E-state index contributed by atoms with van der Waals surface area (Å²) < 4.78 is 21.7. The Kier molecular flexibility index (Phi) is 10.3. The lowest BCUT2D eigenvalue weighted by Gasteiger charge is -2.10. The van der Waals surface area contributed by atoms with Crippen LogP contribution in [-0.2, 0) is 14.3 Å². The molecule has 0 bridgehead atoms. The van der Waals surface area contributed by atoms with E-state index in [1.54, 1.807) is 36.4 Å². The summed E-state index contributed by atoms with van der Waals surface area (Å²) >= 11 is 0. The van der Waals surface area contributed by atoms with Gasteiger partial charge >= 0.3 is 17.9 Å². The number of rotatable bonds is 14. The monoisotopic (exact) mass is 570 g/mol. The summed E-state index contributed by atoms with van der Waals surface area (Å²) in [4.78, 5) is 35.8. The minimum atomic E-state index is -0.564. The molecule has 3 aromatic rings. The van der Waals surface area contributed by atoms with Gasteiger partial charge in [-0.3, -0.25) is 0 Å². The topological polar surface area (TPSA) is 108 Å². The van der Waals surface area contributed by atoms with Crippen molar-refractivity contribution in [2.75, 3.05) is 19.8 Å². The van der Waals surface area contributed by atoms with Crippen molar-refractivity contribution >= 4 is 17.9 Å². The Hall–Kier alpha value is -4.69. The zero-order valence-corrected chi connectivity index (χ0v) is 23.6. The second-order valence-electron chi connectivity index (χ2n) is 9.92. The third-order valence-corrected chi connectivity index (χ3v) is 6.98. The van der Waals surface area contributed by atoms with Crippen molar-refractivity contribution in [1.29, 1.82) is 0 Å². The van der Waals surface area contributed by atoms with Gasteiger partial charge in [-0.15, -0.1) is 0 Å². The van der Waals surface area contributed by atoms with Gasteiger partial charge in [-0.25, -0.2) is 14.4 Å². The van der Waals surface area contributed by atoms with E-state index in [1.807, 2.05) is 24.3 Å². The van der Waals surface area contributed by atoms with Gasteiger partial charge in [0.15, 0.2) is 0 Å². The van der Waals surface area contributed by atoms with Gasteiger partial charge in [0.2, 0.25) is 0 Å². The standard InChI is InChI=1S/C34H34O8/c1-4-32(36)41-26-13-15-28-29-16-14-27(20-31(29)23(3)30(28)19-26)42-34(38)24-9-11-25(12-10-24)39-17-7-5-6-8-18-40-33(37)22(2)21-35/h4,9-16,19-20,23,35H,1-2,5-8,17-18,21H2,3H3. The Morgan fingerprint density at radius 3 is 1.98 bits per heavy atom. The molecule has 0 radical (unpaired) electrons. The van der Waals surface area contributed by atoms with E-state index in [9.17, 15) is 14.4 Å². The zero-order valence-electron chi connectivity index (χ0n) is 23.6. The van der Waals surface area contributed by atoms with E-state index < -0.39 is 24.5 Å². The quantitative estimate of drug-likeness (QED) is 0.106. The van der Waals surface area contributed by atoms with Crippen LogP contribution in [0.3, 0.4) is 0 Å². The zero-order chi connectivity index (χ0) is 30.1. The Balaban J connectivity index is 1.23. The second-order valence-corrected chi connectivity index (χ2v) is 9.92. The summed E-state index contributed by atoms with van der Waals surface area (Å²) in [6.45, 7) is 9.34. The molecule has 8 nitrogen and oxygen atoms in total. The highest BCUT2D eigenvalue weighted by Gasteiger charge is 2.27. The molecule has 1 aliphatic rings. The number of fused-ring (bicyclic) bond motifs is 3. The van der Waals surface area contributed by atoms with E-state index in [0.717, 1.165) is 54.0 Å². The molecule has 1 atom stereocenters. The van der Waals surface area contributed by atoms with Crippen molar-refractivity contribution < 1.29 is 38.4 Å². The van der Waals surface area contributed by atoms with E-state index >= 15 is 0 Å². The maximum absolute atomic E-state index is 12.8. The van der Waals surface area contributed by atoms with Crippen LogP contribution in [0.25, 0.3) is 11.1 Å². The molecule has 42 heavy (non-hydrogen) atoms. The molecule has 0 heterocycles. The first-order chi connectivity index (χ1) is 20.3. The fraction of sp³-hybridized carbons (Fsp3) is 0.265. The van der Waals surface area contributed by atoms with E-state index in [-0.39, 0.29) is 11.5 Å². The van der Waals surface area contributed by atoms with Crippen LogP contribution in [0.1, 0.15) is 60.0 Å². The van der Waals surface area contributed by atoms with Gasteiger partial charge in [-0.2, -0.15) is 0 Å². The normalized spacial score (nSPS) is 13.0. The number of carbonyl (C=O) groups is 3. The number of hydrogen-bond acceptors (Lipinski definition) is 8. The highest BCUT2D eigenvalue weighted by molar-refractivity contribution is 5.91. The lowest BCUT2D eigenvalue weighted by Crippen LogP contribution is -2.10. The second kappa shape index (κ2) is 14.3. The number of unbranched alkanes of at least 4 members (excludes halogenated alkanes) is 3. The van der Waals surface area contributed by atoms with Crippen molar-refractivity contribution in [1.82, 2.24) is 0 Å². The van der Waals surface area contributed by atoms with Gasteiger partial charge < -0.3 is 24.1 Å². The van der Waals surface area contributed by atoms with Gasteiger partial charge in [0.1, 0.15) is 17.2 Å². The molecule has 0 aromatic heterocycles. The highest BCUT2D eigenvalue weighted by atomic mass is 16.5. The average Bonchev–Trinajstić information content (AvgIpc) is 3.28. The van der Waals surface area contributed by atoms with E-state index in [1.165, 1.54) is 0 Å². The molecule has 3 aromatic carbocycles. The third kappa shape index (κ3) is 7.53. The Morgan fingerprint density at radius 2 is 1.38 bits per heavy atom. The molecule has 4 rings (SSSR count). The Morgan fingerprint density at radius 1 is 0.810 bits per heavy atom. The summed E-state index contributed by atoms with van der Waals surface area (Å²) in [5.41, 5.74) is 4.62. The minimum Gasteiger partial charge on any atom is -0.494 e. The number of benzene rings is 3. The number of carbonyl (C=O) groups excluding carboxylic acids is 3. The molecular weight excluding hydrogens is 536 g/mol. The van der Waals surface area contributed by atoms with Crippen LogP contribution < -0.4 is 14.2 Å². The SMILES string of the molecule is C=CC(=O)Oc1ccc2c(c1)C(C)c1cc(OC(=O)c3ccc(OCCCCCCOC(=O)C(=C)CO)cc3)ccc1-2. The molecule has 0 amide bonds. The molecule has 0 spiro atoms. The maximum atomic E-state index is 12.8. The summed E-state index contributed by atoms with van der Waals surface area (Å²) in [5.74, 6) is 0.0544. The summed E-state index contributed by atoms with van der Waals surface area (Å²) in [6, 6.07) is 17.9. The van der Waals surface area contributed by atoms with Crippen LogP contribution in [0.2, 0.25) is 0 Å². The first-order valence-electron chi connectivity index (χ1n) is 13.8. The van der Waals surface area contributed by atoms with Crippen molar-refractivity contribution in [3.05, 3.63) is 102 Å². The first-order valence-corrected chi connectivity index (χ1v) is 13.8. The van der Waals surface area contributed by atoms with E-state index in [2.05, 4.69) is 20.1 Å². The van der Waals surface area contributed by atoms with Gasteiger partial charge in [-0.05, 0) is 96.5 Å². The van der Waals surface area contributed by atoms with Gasteiger partial charge in [0.25, 0.3) is 0 Å². The highest BCUT2D eigenvalue weighted by Crippen LogP contribution is 2.47. The molecule has 1 N–H and O–H groups in total. The molecule has 0 saturated carbocycles. The van der Waals surface area contributed by atoms with E-state index in [4.69, 9.17) is 24.1 Å². The van der Waals surface area contributed by atoms with Crippen molar-refractivity contribution in [2.24, 2.45) is 0 Å². The Labute approximate surface area is 245 Å². The predicted molar refractivity (Wildman–Crippen MR) is 158 cm³/mol. The predicted octanol–water partition coefficient (Wildman–Crippen LogP) is 6.16. The lowest BCUT2D eigenvalue weighted by atomic mass is 9.99. The van der Waals surface area contributed by atoms with Crippen LogP contribution >= 0.6 is 0 Å². The largest absolute Gasteiger partial charge is 0.494 e. The molecule has 0 aliphatic heterocycles. The van der Waals surface area contributed by atoms with Crippen molar-refractivity contribution in [3.63, 3.8) is 0 Å². The molecule has 1 unspecified atom stereocenters. The van der Waals surface area contributed by atoms with Crippen LogP contribution in [-0.4, -0.2) is 42.8 Å². The van der Waals surface area contributed by atoms with Crippen molar-refractivity contribution in [2.45, 2.75) is 38.5 Å². The first kappa shape index (κ1) is 30.3. The number of aliphatic hydroxyl groups excluding tert-OH is 1. The van der Waals surface area contributed by atoms with Crippen LogP contribution in [0.4, 0.5) is 0 Å². The minimum absolute atomic E-state index is 0.0299. The van der Waals surface area contributed by atoms with Crippen LogP contribution in [0.15, 0.2) is 85.5 Å². The Bertz CT molecular complexity index is 1470. The van der Waals surface area contributed by atoms with Gasteiger partial charge in [-0.1, -0.05) is 32.2 Å². The smallest absolute Gasteiger partial charge is 0.343 e. The number of ether oxygens (including phenoxy) is 4. The summed E-state index contributed by atoms with van der Waals surface area (Å²) in [5, 5.41) is 8.84. The third-order valence-electron chi connectivity index (χ3n) is 6.98. The lowest BCUT2D eigenvalue weighted by molar-refractivity contribution is -0.139. The number of hydrogen-bond donors (Lipinski definition) is 1. The number of aliphatic hydroxyl groups is 1. The number of esters is 3. The molecular formula is C34H34O8. The average molecular weight is 571 g/mol. The molecule has 1 aliphatic carbocycles.